The van der Waals surface area contributed by atoms with E-state index in [1.807, 2.05) is 12.1 Å². The number of halogens is 1. The average molecular weight is 380 g/mol. The largest absolute Gasteiger partial charge is 0.463 e. The molecule has 0 saturated heterocycles. The van der Waals surface area contributed by atoms with Crippen LogP contribution in [0.4, 0.5) is 0 Å². The minimum Gasteiger partial charge on any atom is -0.463 e. The molecule has 20 heavy (non-hydrogen) atoms. The molecule has 0 radical (unpaired) electrons. The summed E-state index contributed by atoms with van der Waals surface area (Å²) in [7, 11) is 0. The van der Waals surface area contributed by atoms with Gasteiger partial charge in [0.1, 0.15) is 13.3 Å². The third-order valence-electron chi connectivity index (χ3n) is 1.82. The predicted octanol–water partition coefficient (Wildman–Crippen LogP) is 1.85. The Hall–Kier alpha value is -1.03. The van der Waals surface area contributed by atoms with Crippen molar-refractivity contribution >= 4 is 56.8 Å². The molecule has 110 valence electrons. The summed E-state index contributed by atoms with van der Waals surface area (Å²) in [5.74, 6) is -0.326. The second-order valence-electron chi connectivity index (χ2n) is 3.41. The number of nitrogens with one attached hydrogen (secondary N) is 2. The monoisotopic (exact) mass is 379 g/mol. The fraction of sp³-hybridized carbons (Fsp3) is 0.364. The SMILES string of the molecule is CC(=O)OCCOCNC(=S)N/N=C/c1ccc(Br)s1. The molecular formula is C11H14BrN3O3S2. The normalized spacial score (nSPS) is 10.5. The first-order valence-corrected chi connectivity index (χ1v) is 7.63. The van der Waals surface area contributed by atoms with E-state index in [1.54, 1.807) is 17.6 Å². The van der Waals surface area contributed by atoms with Gasteiger partial charge in [0.15, 0.2) is 5.11 Å². The molecule has 0 aliphatic heterocycles. The van der Waals surface area contributed by atoms with Crippen molar-refractivity contribution in [1.29, 1.82) is 0 Å². The maximum absolute atomic E-state index is 10.5. The number of hydrogen-bond acceptors (Lipinski definition) is 6. The van der Waals surface area contributed by atoms with Crippen molar-refractivity contribution in [2.45, 2.75) is 6.92 Å². The number of esters is 1. The minimum absolute atomic E-state index is 0.215. The second kappa shape index (κ2) is 9.81. The molecule has 1 aromatic heterocycles. The van der Waals surface area contributed by atoms with Crippen molar-refractivity contribution < 1.29 is 14.3 Å². The summed E-state index contributed by atoms with van der Waals surface area (Å²) in [5.41, 5.74) is 2.67. The van der Waals surface area contributed by atoms with E-state index in [1.165, 1.54) is 6.92 Å². The van der Waals surface area contributed by atoms with Crippen molar-refractivity contribution in [3.8, 4) is 0 Å². The van der Waals surface area contributed by atoms with Crippen LogP contribution < -0.4 is 10.7 Å². The molecule has 0 aromatic carbocycles. The van der Waals surface area contributed by atoms with Crippen molar-refractivity contribution in [2.24, 2.45) is 5.10 Å². The lowest BCUT2D eigenvalue weighted by molar-refractivity contribution is -0.142. The zero-order valence-electron chi connectivity index (χ0n) is 10.7. The number of carbonyl (C=O) groups is 1. The Balaban J connectivity index is 2.06. The Morgan fingerprint density at radius 2 is 2.35 bits per heavy atom. The van der Waals surface area contributed by atoms with Gasteiger partial charge in [0, 0.05) is 11.8 Å². The van der Waals surface area contributed by atoms with E-state index in [-0.39, 0.29) is 19.3 Å². The molecule has 6 nitrogen and oxygen atoms in total. The summed E-state index contributed by atoms with van der Waals surface area (Å²) < 4.78 is 10.9. The topological polar surface area (TPSA) is 72.0 Å². The number of rotatable bonds is 7. The molecule has 1 rings (SSSR count). The molecule has 9 heteroatoms. The van der Waals surface area contributed by atoms with Crippen LogP contribution in [0.5, 0.6) is 0 Å². The summed E-state index contributed by atoms with van der Waals surface area (Å²) in [5, 5.41) is 7.13. The predicted molar refractivity (Wildman–Crippen MR) is 85.9 cm³/mol. The number of thiocarbonyl (C=S) groups is 1. The Labute approximate surface area is 134 Å². The van der Waals surface area contributed by atoms with Gasteiger partial charge in [0.05, 0.1) is 16.6 Å². The third kappa shape index (κ3) is 8.20. The van der Waals surface area contributed by atoms with Crippen LogP contribution in [-0.4, -0.2) is 37.2 Å². The minimum atomic E-state index is -0.326. The summed E-state index contributed by atoms with van der Waals surface area (Å²) in [6.45, 7) is 2.10. The molecule has 0 atom stereocenters. The highest BCUT2D eigenvalue weighted by Crippen LogP contribution is 2.20. The smallest absolute Gasteiger partial charge is 0.302 e. The van der Waals surface area contributed by atoms with Crippen molar-refractivity contribution in [1.82, 2.24) is 10.7 Å². The Morgan fingerprint density at radius 3 is 3.00 bits per heavy atom. The fourth-order valence-corrected chi connectivity index (χ4v) is 2.43. The van der Waals surface area contributed by atoms with E-state index >= 15 is 0 Å². The van der Waals surface area contributed by atoms with E-state index in [0.29, 0.717) is 11.7 Å². The maximum Gasteiger partial charge on any atom is 0.302 e. The fourth-order valence-electron chi connectivity index (χ4n) is 1.02. The number of nitrogens with zero attached hydrogens (tertiary/aromatic N) is 1. The molecule has 0 saturated carbocycles. The molecule has 0 spiro atoms. The Kier molecular flexibility index (Phi) is 8.35. The summed E-state index contributed by atoms with van der Waals surface area (Å²) in [6.07, 6.45) is 1.67. The molecule has 1 heterocycles. The highest BCUT2D eigenvalue weighted by Gasteiger charge is 1.96. The quantitative estimate of drug-likeness (QED) is 0.188. The number of thiophene rings is 1. The van der Waals surface area contributed by atoms with Crippen molar-refractivity contribution in [3.63, 3.8) is 0 Å². The Bertz CT molecular complexity index is 479. The van der Waals surface area contributed by atoms with Crippen LogP contribution in [0, 0.1) is 0 Å². The number of hydrazone groups is 1. The first-order valence-electron chi connectivity index (χ1n) is 5.61. The second-order valence-corrected chi connectivity index (χ2v) is 6.31. The summed E-state index contributed by atoms with van der Waals surface area (Å²) in [4.78, 5) is 11.5. The van der Waals surface area contributed by atoms with E-state index in [9.17, 15) is 4.79 Å². The zero-order valence-corrected chi connectivity index (χ0v) is 13.9. The third-order valence-corrected chi connectivity index (χ3v) is 3.61. The lowest BCUT2D eigenvalue weighted by atomic mass is 10.5. The van der Waals surface area contributed by atoms with Crippen LogP contribution in [0.15, 0.2) is 21.0 Å². The lowest BCUT2D eigenvalue weighted by Gasteiger charge is -2.07. The molecule has 0 bridgehead atoms. The standard InChI is InChI=1S/C11H14BrN3O3S2/c1-8(16)18-5-4-17-7-13-11(19)15-14-6-9-2-3-10(12)20-9/h2-3,6H,4-5,7H2,1H3,(H2,13,15,19)/b14-6+. The maximum atomic E-state index is 10.5. The van der Waals surface area contributed by atoms with Gasteiger partial charge in [0.2, 0.25) is 0 Å². The van der Waals surface area contributed by atoms with E-state index < -0.39 is 0 Å². The van der Waals surface area contributed by atoms with Crippen LogP contribution in [-0.2, 0) is 14.3 Å². The van der Waals surface area contributed by atoms with Gasteiger partial charge in [-0.15, -0.1) is 11.3 Å². The van der Waals surface area contributed by atoms with Gasteiger partial charge in [0.25, 0.3) is 0 Å². The van der Waals surface area contributed by atoms with Gasteiger partial charge < -0.3 is 14.8 Å². The number of hydrogen-bond donors (Lipinski definition) is 2. The van der Waals surface area contributed by atoms with Gasteiger partial charge in [-0.2, -0.15) is 5.10 Å². The van der Waals surface area contributed by atoms with Crippen molar-refractivity contribution in [2.75, 3.05) is 19.9 Å². The highest BCUT2D eigenvalue weighted by atomic mass is 79.9. The molecule has 0 fully saturated rings. The van der Waals surface area contributed by atoms with Gasteiger partial charge in [-0.25, -0.2) is 0 Å². The van der Waals surface area contributed by atoms with Gasteiger partial charge in [-0.05, 0) is 40.3 Å². The van der Waals surface area contributed by atoms with Crippen LogP contribution in [0.25, 0.3) is 0 Å². The van der Waals surface area contributed by atoms with Gasteiger partial charge in [-0.1, -0.05) is 0 Å². The molecule has 0 aliphatic carbocycles. The molecule has 0 amide bonds. The summed E-state index contributed by atoms with van der Waals surface area (Å²) in [6, 6.07) is 3.88. The van der Waals surface area contributed by atoms with Crippen LogP contribution >= 0.6 is 39.5 Å². The Morgan fingerprint density at radius 1 is 1.55 bits per heavy atom. The van der Waals surface area contributed by atoms with Crippen molar-refractivity contribution in [3.05, 3.63) is 20.8 Å². The number of carbonyl (C=O) groups excluding carboxylic acids is 1. The summed E-state index contributed by atoms with van der Waals surface area (Å²) >= 11 is 9.92. The van der Waals surface area contributed by atoms with E-state index in [2.05, 4.69) is 31.8 Å². The molecule has 0 aliphatic rings. The molecule has 2 N–H and O–H groups in total. The van der Waals surface area contributed by atoms with E-state index in [0.717, 1.165) is 8.66 Å². The van der Waals surface area contributed by atoms with Gasteiger partial charge >= 0.3 is 5.97 Å². The first-order chi connectivity index (χ1) is 9.58. The molecule has 1 aromatic rings. The molecule has 0 unspecified atom stereocenters. The van der Waals surface area contributed by atoms with Crippen LogP contribution in [0.3, 0.4) is 0 Å². The van der Waals surface area contributed by atoms with Gasteiger partial charge in [-0.3, -0.25) is 10.2 Å². The highest BCUT2D eigenvalue weighted by molar-refractivity contribution is 9.11. The lowest BCUT2D eigenvalue weighted by Crippen LogP contribution is -2.34. The average Bonchev–Trinajstić information content (AvgIpc) is 2.79. The molecular weight excluding hydrogens is 366 g/mol. The van der Waals surface area contributed by atoms with Crippen LogP contribution in [0.1, 0.15) is 11.8 Å². The zero-order chi connectivity index (χ0) is 14.8. The van der Waals surface area contributed by atoms with Crippen LogP contribution in [0.2, 0.25) is 0 Å². The first kappa shape index (κ1) is 17.0. The van der Waals surface area contributed by atoms with E-state index in [4.69, 9.17) is 21.7 Å². The number of ether oxygens (including phenoxy) is 2.